The average Bonchev–Trinajstić information content (AvgIpc) is 2.51. The first-order valence-electron chi connectivity index (χ1n) is 7.70. The number of benzene rings is 1. The van der Waals surface area contributed by atoms with E-state index in [-0.39, 0.29) is 34.1 Å². The summed E-state index contributed by atoms with van der Waals surface area (Å²) < 4.78 is 10.2. The lowest BCUT2D eigenvalue weighted by Crippen LogP contribution is -2.21. The predicted octanol–water partition coefficient (Wildman–Crippen LogP) is 3.45. The molecule has 0 atom stereocenters. The van der Waals surface area contributed by atoms with E-state index in [0.717, 1.165) is 0 Å². The first-order valence-corrected chi connectivity index (χ1v) is 8.08. The lowest BCUT2D eigenvalue weighted by atomic mass is 9.85. The van der Waals surface area contributed by atoms with Crippen LogP contribution in [-0.4, -0.2) is 10.2 Å². The van der Waals surface area contributed by atoms with Crippen molar-refractivity contribution in [2.45, 2.75) is 19.8 Å². The van der Waals surface area contributed by atoms with Gasteiger partial charge in [-0.2, -0.15) is 0 Å². The van der Waals surface area contributed by atoms with Crippen LogP contribution in [0.5, 0.6) is 11.5 Å². The molecule has 0 unspecified atom stereocenters. The number of aryl methyl sites for hydroxylation is 2. The van der Waals surface area contributed by atoms with Gasteiger partial charge in [-0.05, 0) is 31.5 Å². The minimum absolute atomic E-state index is 0.190. The topological polar surface area (TPSA) is 101 Å². The van der Waals surface area contributed by atoms with E-state index in [0.29, 0.717) is 10.6 Å². The van der Waals surface area contributed by atoms with Crippen LogP contribution < -0.4 is 11.3 Å². The second kappa shape index (κ2) is 6.72. The van der Waals surface area contributed by atoms with Gasteiger partial charge in [0.05, 0.1) is 17.0 Å². The molecule has 7 heteroatoms. The monoisotopic (exact) mass is 374 g/mol. The summed E-state index contributed by atoms with van der Waals surface area (Å²) in [5, 5.41) is 21.1. The van der Waals surface area contributed by atoms with Crippen LogP contribution in [0.4, 0.5) is 0 Å². The van der Waals surface area contributed by atoms with Gasteiger partial charge in [-0.1, -0.05) is 23.7 Å². The lowest BCUT2D eigenvalue weighted by Gasteiger charge is -2.18. The first kappa shape index (κ1) is 17.8. The van der Waals surface area contributed by atoms with Crippen molar-refractivity contribution in [2.75, 3.05) is 0 Å². The van der Waals surface area contributed by atoms with E-state index in [9.17, 15) is 19.8 Å². The summed E-state index contributed by atoms with van der Waals surface area (Å²) in [6, 6.07) is 8.93. The molecule has 0 amide bonds. The summed E-state index contributed by atoms with van der Waals surface area (Å²) in [7, 11) is 0. The van der Waals surface area contributed by atoms with Gasteiger partial charge in [0.25, 0.3) is 0 Å². The van der Waals surface area contributed by atoms with Crippen LogP contribution in [0.15, 0.2) is 54.8 Å². The van der Waals surface area contributed by atoms with Gasteiger partial charge in [0.2, 0.25) is 0 Å². The average molecular weight is 375 g/mol. The molecule has 2 heterocycles. The molecule has 2 aromatic heterocycles. The second-order valence-electron chi connectivity index (χ2n) is 5.87. The van der Waals surface area contributed by atoms with Gasteiger partial charge in [-0.15, -0.1) is 0 Å². The number of hydrogen-bond donors (Lipinski definition) is 2. The van der Waals surface area contributed by atoms with Crippen molar-refractivity contribution in [1.82, 2.24) is 0 Å². The van der Waals surface area contributed by atoms with Crippen molar-refractivity contribution in [3.63, 3.8) is 0 Å². The molecule has 2 N–H and O–H groups in total. The molecule has 0 aliphatic rings. The van der Waals surface area contributed by atoms with E-state index in [4.69, 9.17) is 20.4 Å². The van der Waals surface area contributed by atoms with Crippen molar-refractivity contribution in [3.8, 4) is 11.5 Å². The summed E-state index contributed by atoms with van der Waals surface area (Å²) in [6.45, 7) is 3.02. The fraction of sp³-hybridized carbons (Fsp3) is 0.158. The Morgan fingerprint density at radius 1 is 0.885 bits per heavy atom. The molecule has 134 valence electrons. The third-order valence-electron chi connectivity index (χ3n) is 3.94. The number of rotatable bonds is 3. The Hall–Kier alpha value is -2.99. The van der Waals surface area contributed by atoms with Gasteiger partial charge in [-0.25, -0.2) is 9.59 Å². The molecule has 0 saturated heterocycles. The molecule has 0 saturated carbocycles. The Balaban J connectivity index is 2.40. The third-order valence-corrected chi connectivity index (χ3v) is 4.17. The maximum atomic E-state index is 12.4. The largest absolute Gasteiger partial charge is 0.507 e. The van der Waals surface area contributed by atoms with Crippen molar-refractivity contribution in [1.29, 1.82) is 0 Å². The van der Waals surface area contributed by atoms with Crippen molar-refractivity contribution >= 4 is 11.6 Å². The smallest absolute Gasteiger partial charge is 0.343 e. The Morgan fingerprint density at radius 2 is 1.38 bits per heavy atom. The minimum atomic E-state index is -1.12. The van der Waals surface area contributed by atoms with Crippen molar-refractivity contribution < 1.29 is 19.0 Å². The van der Waals surface area contributed by atoms with E-state index in [1.807, 2.05) is 0 Å². The number of hydrogen-bond acceptors (Lipinski definition) is 6. The summed E-state index contributed by atoms with van der Waals surface area (Å²) >= 11 is 6.05. The summed E-state index contributed by atoms with van der Waals surface area (Å²) in [4.78, 5) is 24.9. The molecule has 0 fully saturated rings. The van der Waals surface area contributed by atoms with E-state index in [1.165, 1.54) is 32.0 Å². The molecule has 26 heavy (non-hydrogen) atoms. The quantitative estimate of drug-likeness (QED) is 0.728. The molecule has 3 rings (SSSR count). The highest BCUT2D eigenvalue weighted by atomic mass is 35.5. The van der Waals surface area contributed by atoms with Crippen molar-refractivity contribution in [2.24, 2.45) is 0 Å². The van der Waals surface area contributed by atoms with Crippen LogP contribution in [0.3, 0.4) is 0 Å². The second-order valence-corrected chi connectivity index (χ2v) is 6.31. The molecule has 0 spiro atoms. The highest BCUT2D eigenvalue weighted by molar-refractivity contribution is 6.30. The Morgan fingerprint density at radius 3 is 1.81 bits per heavy atom. The summed E-state index contributed by atoms with van der Waals surface area (Å²) in [6.07, 6.45) is 0. The van der Waals surface area contributed by atoms with Crippen molar-refractivity contribution in [3.05, 3.63) is 90.5 Å². The van der Waals surface area contributed by atoms with Crippen LogP contribution in [0.25, 0.3) is 0 Å². The van der Waals surface area contributed by atoms with Gasteiger partial charge in [-0.3, -0.25) is 0 Å². The van der Waals surface area contributed by atoms with Crippen LogP contribution in [0.2, 0.25) is 5.02 Å². The van der Waals surface area contributed by atoms with Gasteiger partial charge in [0.15, 0.2) is 0 Å². The first-order chi connectivity index (χ1) is 12.3. The number of aromatic hydroxyl groups is 2. The Labute approximate surface area is 152 Å². The molecule has 3 aromatic rings. The summed E-state index contributed by atoms with van der Waals surface area (Å²) in [5.41, 5.74) is -1.62. The highest BCUT2D eigenvalue weighted by Gasteiger charge is 2.30. The fourth-order valence-electron chi connectivity index (χ4n) is 2.91. The van der Waals surface area contributed by atoms with Crippen LogP contribution >= 0.6 is 11.6 Å². The van der Waals surface area contributed by atoms with E-state index >= 15 is 0 Å². The fourth-order valence-corrected chi connectivity index (χ4v) is 3.11. The van der Waals surface area contributed by atoms with E-state index < -0.39 is 17.2 Å². The van der Waals surface area contributed by atoms with Crippen LogP contribution in [0.1, 0.15) is 34.1 Å². The van der Waals surface area contributed by atoms with E-state index in [2.05, 4.69) is 0 Å². The molecule has 0 aliphatic carbocycles. The zero-order valence-electron chi connectivity index (χ0n) is 13.9. The molecule has 0 bridgehead atoms. The Kier molecular flexibility index (Phi) is 4.61. The molecule has 6 nitrogen and oxygen atoms in total. The third kappa shape index (κ3) is 3.23. The van der Waals surface area contributed by atoms with Crippen LogP contribution in [-0.2, 0) is 0 Å². The normalized spacial score (nSPS) is 11.1. The number of halogens is 1. The standard InChI is InChI=1S/C19H15ClO6/c1-9-6-13(21)16(18(23)25-9)15(11-4-3-5-12(20)8-11)17-14(22)7-10(2)26-19(17)24/h3-8,15,21-22H,1-2H3. The Bertz CT molecular complexity index is 1030. The molecular formula is C19H15ClO6. The zero-order chi connectivity index (χ0) is 19.0. The maximum absolute atomic E-state index is 12.4. The van der Waals surface area contributed by atoms with Gasteiger partial charge < -0.3 is 19.0 Å². The van der Waals surface area contributed by atoms with Gasteiger partial charge in [0.1, 0.15) is 23.0 Å². The molecule has 0 radical (unpaired) electrons. The zero-order valence-corrected chi connectivity index (χ0v) is 14.7. The molecule has 1 aromatic carbocycles. The highest BCUT2D eigenvalue weighted by Crippen LogP contribution is 2.38. The van der Waals surface area contributed by atoms with Gasteiger partial charge in [0, 0.05) is 17.2 Å². The van der Waals surface area contributed by atoms with Crippen LogP contribution in [0, 0.1) is 13.8 Å². The van der Waals surface area contributed by atoms with E-state index in [1.54, 1.807) is 18.2 Å². The lowest BCUT2D eigenvalue weighted by molar-refractivity contribution is 0.407. The van der Waals surface area contributed by atoms with Gasteiger partial charge >= 0.3 is 11.3 Å². The minimum Gasteiger partial charge on any atom is -0.507 e. The molecule has 0 aliphatic heterocycles. The maximum Gasteiger partial charge on any atom is 0.343 e. The SMILES string of the molecule is Cc1cc(O)c(C(c2cccc(Cl)c2)c2c(O)cc(C)oc2=O)c(=O)o1. The predicted molar refractivity (Wildman–Crippen MR) is 95.2 cm³/mol. The summed E-state index contributed by atoms with van der Waals surface area (Å²) in [5.74, 6) is -1.42. The molecular weight excluding hydrogens is 360 g/mol.